The average Bonchev–Trinajstić information content (AvgIpc) is 2.48. The highest BCUT2D eigenvalue weighted by atomic mass is 35.5. The Morgan fingerprint density at radius 3 is 2.76 bits per heavy atom. The van der Waals surface area contributed by atoms with Crippen LogP contribution < -0.4 is 15.5 Å². The minimum atomic E-state index is -0.359. The number of amides is 2. The van der Waals surface area contributed by atoms with Gasteiger partial charge in [-0.1, -0.05) is 23.7 Å². The summed E-state index contributed by atoms with van der Waals surface area (Å²) in [5.74, 6) is 1.32. The molecule has 2 rings (SSSR count). The van der Waals surface area contributed by atoms with E-state index in [0.717, 1.165) is 5.82 Å². The third-order valence-electron chi connectivity index (χ3n) is 2.68. The van der Waals surface area contributed by atoms with Crippen molar-refractivity contribution in [2.45, 2.75) is 6.54 Å². The van der Waals surface area contributed by atoms with Gasteiger partial charge in [-0.2, -0.15) is 0 Å². The van der Waals surface area contributed by atoms with E-state index in [0.29, 0.717) is 16.5 Å². The van der Waals surface area contributed by atoms with E-state index in [4.69, 9.17) is 11.6 Å². The molecule has 0 aliphatic heterocycles. The van der Waals surface area contributed by atoms with Crippen LogP contribution in [0.3, 0.4) is 0 Å². The molecule has 0 aliphatic rings. The number of anilines is 2. The first-order valence-electron chi connectivity index (χ1n) is 6.35. The standard InChI is InChI=1S/C14H16ClN5O/c1-20(2)13-7-8-16-12(19-13)9-17-14(21)18-11-6-4-3-5-10(11)15/h3-8H,9H2,1-2H3,(H2,17,18,21). The van der Waals surface area contributed by atoms with E-state index in [9.17, 15) is 4.79 Å². The Kier molecular flexibility index (Phi) is 4.94. The number of carbonyl (C=O) groups is 1. The van der Waals surface area contributed by atoms with Crippen LogP contribution in [-0.4, -0.2) is 30.1 Å². The summed E-state index contributed by atoms with van der Waals surface area (Å²) in [7, 11) is 3.79. The Morgan fingerprint density at radius 2 is 2.05 bits per heavy atom. The number of urea groups is 1. The zero-order chi connectivity index (χ0) is 15.2. The van der Waals surface area contributed by atoms with Crippen molar-refractivity contribution in [1.82, 2.24) is 15.3 Å². The molecular formula is C14H16ClN5O. The van der Waals surface area contributed by atoms with Gasteiger partial charge >= 0.3 is 6.03 Å². The lowest BCUT2D eigenvalue weighted by molar-refractivity contribution is 0.251. The number of nitrogens with zero attached hydrogens (tertiary/aromatic N) is 3. The molecule has 21 heavy (non-hydrogen) atoms. The second-order valence-electron chi connectivity index (χ2n) is 4.51. The summed E-state index contributed by atoms with van der Waals surface area (Å²) in [5, 5.41) is 5.84. The maximum Gasteiger partial charge on any atom is 0.319 e. The number of carbonyl (C=O) groups excluding carboxylic acids is 1. The summed E-state index contributed by atoms with van der Waals surface area (Å²) >= 11 is 5.97. The topological polar surface area (TPSA) is 70.2 Å². The molecule has 2 aromatic rings. The fourth-order valence-electron chi connectivity index (χ4n) is 1.61. The number of para-hydroxylation sites is 1. The lowest BCUT2D eigenvalue weighted by Gasteiger charge is -2.12. The maximum absolute atomic E-state index is 11.8. The van der Waals surface area contributed by atoms with Crippen LogP contribution in [0, 0.1) is 0 Å². The average molecular weight is 306 g/mol. The van der Waals surface area contributed by atoms with Gasteiger partial charge in [0, 0.05) is 20.3 Å². The van der Waals surface area contributed by atoms with Crippen molar-refractivity contribution >= 4 is 29.1 Å². The summed E-state index contributed by atoms with van der Waals surface area (Å²) in [6.45, 7) is 0.234. The molecule has 0 spiro atoms. The number of aromatic nitrogens is 2. The molecule has 0 aliphatic carbocycles. The number of hydrogen-bond donors (Lipinski definition) is 2. The second kappa shape index (κ2) is 6.90. The first kappa shape index (κ1) is 15.1. The van der Waals surface area contributed by atoms with Gasteiger partial charge < -0.3 is 15.5 Å². The van der Waals surface area contributed by atoms with E-state index in [1.807, 2.05) is 19.0 Å². The van der Waals surface area contributed by atoms with E-state index in [1.54, 1.807) is 36.5 Å². The molecule has 7 heteroatoms. The third-order valence-corrected chi connectivity index (χ3v) is 3.01. The fourth-order valence-corrected chi connectivity index (χ4v) is 1.79. The van der Waals surface area contributed by atoms with Crippen molar-refractivity contribution in [3.63, 3.8) is 0 Å². The first-order valence-corrected chi connectivity index (χ1v) is 6.72. The summed E-state index contributed by atoms with van der Waals surface area (Å²) in [4.78, 5) is 22.1. The lowest BCUT2D eigenvalue weighted by Crippen LogP contribution is -2.29. The molecule has 2 N–H and O–H groups in total. The van der Waals surface area contributed by atoms with Crippen LogP contribution in [0.1, 0.15) is 5.82 Å². The van der Waals surface area contributed by atoms with Crippen LogP contribution in [0.25, 0.3) is 0 Å². The molecule has 2 amide bonds. The molecule has 0 unspecified atom stereocenters. The van der Waals surface area contributed by atoms with Crippen molar-refractivity contribution in [3.8, 4) is 0 Å². The van der Waals surface area contributed by atoms with E-state index >= 15 is 0 Å². The van der Waals surface area contributed by atoms with Crippen molar-refractivity contribution in [3.05, 3.63) is 47.4 Å². The predicted molar refractivity (Wildman–Crippen MR) is 83.7 cm³/mol. The van der Waals surface area contributed by atoms with Gasteiger partial charge in [0.05, 0.1) is 17.3 Å². The Labute approximate surface area is 128 Å². The largest absolute Gasteiger partial charge is 0.363 e. The molecule has 0 bridgehead atoms. The second-order valence-corrected chi connectivity index (χ2v) is 4.92. The predicted octanol–water partition coefficient (Wildman–Crippen LogP) is 2.52. The molecule has 6 nitrogen and oxygen atoms in total. The van der Waals surface area contributed by atoms with Crippen LogP contribution in [0.4, 0.5) is 16.3 Å². The number of nitrogens with one attached hydrogen (secondary N) is 2. The Balaban J connectivity index is 1.92. The molecule has 110 valence electrons. The zero-order valence-corrected chi connectivity index (χ0v) is 12.6. The molecule has 0 saturated heterocycles. The smallest absolute Gasteiger partial charge is 0.319 e. The monoisotopic (exact) mass is 305 g/mol. The Hall–Kier alpha value is -2.34. The van der Waals surface area contributed by atoms with Crippen LogP contribution in [0.15, 0.2) is 36.5 Å². The fraction of sp³-hybridized carbons (Fsp3) is 0.214. The van der Waals surface area contributed by atoms with E-state index in [1.165, 1.54) is 0 Å². The van der Waals surface area contributed by atoms with E-state index < -0.39 is 0 Å². The van der Waals surface area contributed by atoms with Crippen LogP contribution in [0.2, 0.25) is 5.02 Å². The van der Waals surface area contributed by atoms with Gasteiger partial charge in [0.1, 0.15) is 11.6 Å². The normalized spacial score (nSPS) is 10.0. The Morgan fingerprint density at radius 1 is 1.29 bits per heavy atom. The van der Waals surface area contributed by atoms with Crippen molar-refractivity contribution in [1.29, 1.82) is 0 Å². The van der Waals surface area contributed by atoms with Crippen LogP contribution in [-0.2, 0) is 6.54 Å². The number of halogens is 1. The van der Waals surface area contributed by atoms with Gasteiger partial charge in [0.2, 0.25) is 0 Å². The first-order chi connectivity index (χ1) is 10.1. The molecule has 0 fully saturated rings. The highest BCUT2D eigenvalue weighted by Gasteiger charge is 2.06. The van der Waals surface area contributed by atoms with Crippen LogP contribution in [0.5, 0.6) is 0 Å². The minimum Gasteiger partial charge on any atom is -0.363 e. The van der Waals surface area contributed by atoms with Gasteiger partial charge in [-0.25, -0.2) is 14.8 Å². The molecule has 1 heterocycles. The summed E-state index contributed by atoms with van der Waals surface area (Å²) < 4.78 is 0. The van der Waals surface area contributed by atoms with Gasteiger partial charge in [0.15, 0.2) is 0 Å². The highest BCUT2D eigenvalue weighted by Crippen LogP contribution is 2.20. The van der Waals surface area contributed by atoms with Gasteiger partial charge in [-0.15, -0.1) is 0 Å². The highest BCUT2D eigenvalue weighted by molar-refractivity contribution is 6.33. The van der Waals surface area contributed by atoms with E-state index in [-0.39, 0.29) is 12.6 Å². The van der Waals surface area contributed by atoms with Crippen molar-refractivity contribution < 1.29 is 4.79 Å². The molecular weight excluding hydrogens is 290 g/mol. The number of hydrogen-bond acceptors (Lipinski definition) is 4. The third kappa shape index (κ3) is 4.32. The summed E-state index contributed by atoms with van der Waals surface area (Å²) in [6.07, 6.45) is 1.66. The maximum atomic E-state index is 11.8. The number of benzene rings is 1. The molecule has 1 aromatic carbocycles. The molecule has 0 radical (unpaired) electrons. The van der Waals surface area contributed by atoms with Crippen molar-refractivity contribution in [2.75, 3.05) is 24.3 Å². The quantitative estimate of drug-likeness (QED) is 0.910. The summed E-state index contributed by atoms with van der Waals surface area (Å²) in [5.41, 5.74) is 0.555. The Bertz CT molecular complexity index is 632. The van der Waals surface area contributed by atoms with Crippen LogP contribution >= 0.6 is 11.6 Å². The van der Waals surface area contributed by atoms with Gasteiger partial charge in [-0.3, -0.25) is 0 Å². The molecule has 1 aromatic heterocycles. The lowest BCUT2D eigenvalue weighted by atomic mass is 10.3. The summed E-state index contributed by atoms with van der Waals surface area (Å²) in [6, 6.07) is 8.47. The molecule has 0 saturated carbocycles. The van der Waals surface area contributed by atoms with Crippen molar-refractivity contribution in [2.24, 2.45) is 0 Å². The van der Waals surface area contributed by atoms with Gasteiger partial charge in [-0.05, 0) is 18.2 Å². The SMILES string of the molecule is CN(C)c1ccnc(CNC(=O)Nc2ccccc2Cl)n1. The zero-order valence-electron chi connectivity index (χ0n) is 11.8. The van der Waals surface area contributed by atoms with E-state index in [2.05, 4.69) is 20.6 Å². The minimum absolute atomic E-state index is 0.234. The number of rotatable bonds is 4. The van der Waals surface area contributed by atoms with Gasteiger partial charge in [0.25, 0.3) is 0 Å². The molecule has 0 atom stereocenters.